The number of rotatable bonds is 2. The summed E-state index contributed by atoms with van der Waals surface area (Å²) in [5.41, 5.74) is 4.04. The van der Waals surface area contributed by atoms with Gasteiger partial charge >= 0.3 is 0 Å². The second-order valence-electron chi connectivity index (χ2n) is 4.53. The Morgan fingerprint density at radius 1 is 1.00 bits per heavy atom. The van der Waals surface area contributed by atoms with Gasteiger partial charge in [0.1, 0.15) is 11.6 Å². The zero-order valence-electron chi connectivity index (χ0n) is 10.9. The molecule has 1 N–H and O–H groups in total. The molecule has 1 heterocycles. The summed E-state index contributed by atoms with van der Waals surface area (Å²) in [6, 6.07) is 7.74. The van der Waals surface area contributed by atoms with Crippen molar-refractivity contribution in [3.05, 3.63) is 59.4 Å². The molecule has 2 aromatic carbocycles. The maximum atomic E-state index is 13.5. The molecule has 1 aliphatic rings. The summed E-state index contributed by atoms with van der Waals surface area (Å²) in [4.78, 5) is 0.947. The van der Waals surface area contributed by atoms with E-state index < -0.39 is 11.6 Å². The van der Waals surface area contributed by atoms with Crippen LogP contribution < -0.4 is 5.43 Å². The van der Waals surface area contributed by atoms with Crippen molar-refractivity contribution in [3.8, 4) is 0 Å². The molecule has 0 radical (unpaired) electrons. The van der Waals surface area contributed by atoms with Crippen LogP contribution in [-0.2, 0) is 0 Å². The van der Waals surface area contributed by atoms with Gasteiger partial charge in [0, 0.05) is 28.7 Å². The monoisotopic (exact) mass is 308 g/mol. The Bertz CT molecular complexity index is 716. The Labute approximate surface area is 124 Å². The zero-order valence-corrected chi connectivity index (χ0v) is 11.7. The normalized spacial score (nSPS) is 15.9. The van der Waals surface area contributed by atoms with Crippen LogP contribution in [0.4, 0.5) is 18.9 Å². The number of hydrogen-bond acceptors (Lipinski definition) is 3. The minimum atomic E-state index is -0.719. The summed E-state index contributed by atoms with van der Waals surface area (Å²) < 4.78 is 39.7. The van der Waals surface area contributed by atoms with E-state index in [0.717, 1.165) is 22.8 Å². The molecule has 1 aliphatic heterocycles. The quantitative estimate of drug-likeness (QED) is 0.831. The summed E-state index contributed by atoms with van der Waals surface area (Å²) in [6.07, 6.45) is 0.650. The van der Waals surface area contributed by atoms with Gasteiger partial charge in [-0.05, 0) is 30.3 Å². The Balaban J connectivity index is 1.89. The topological polar surface area (TPSA) is 24.4 Å². The summed E-state index contributed by atoms with van der Waals surface area (Å²) in [7, 11) is 0. The molecule has 2 aromatic rings. The standard InChI is InChI=1S/C15H11F3N2S/c16-9-2-4-15-11(7-9)13(5-6-21-15)19-20-14-3-1-10(17)8-12(14)18/h1-4,7-8,20H,5-6H2. The predicted octanol–water partition coefficient (Wildman–Crippen LogP) is 4.42. The third kappa shape index (κ3) is 3.05. The molecule has 0 aliphatic carbocycles. The van der Waals surface area contributed by atoms with Gasteiger partial charge < -0.3 is 0 Å². The van der Waals surface area contributed by atoms with Crippen LogP contribution in [0.1, 0.15) is 12.0 Å². The van der Waals surface area contributed by atoms with Crippen molar-refractivity contribution in [2.45, 2.75) is 11.3 Å². The highest BCUT2D eigenvalue weighted by molar-refractivity contribution is 7.99. The highest BCUT2D eigenvalue weighted by atomic mass is 32.2. The molecule has 0 spiro atoms. The number of halogens is 3. The van der Waals surface area contributed by atoms with E-state index in [-0.39, 0.29) is 11.5 Å². The van der Waals surface area contributed by atoms with Gasteiger partial charge in [-0.15, -0.1) is 11.8 Å². The lowest BCUT2D eigenvalue weighted by Gasteiger charge is -2.17. The van der Waals surface area contributed by atoms with Crippen LogP contribution in [0, 0.1) is 17.5 Å². The van der Waals surface area contributed by atoms with Crippen molar-refractivity contribution in [1.82, 2.24) is 0 Å². The number of nitrogens with one attached hydrogen (secondary N) is 1. The fraction of sp³-hybridized carbons (Fsp3) is 0.133. The molecule has 21 heavy (non-hydrogen) atoms. The Morgan fingerprint density at radius 3 is 2.57 bits per heavy atom. The molecule has 0 unspecified atom stereocenters. The maximum absolute atomic E-state index is 13.5. The number of fused-ring (bicyclic) bond motifs is 1. The summed E-state index contributed by atoms with van der Waals surface area (Å²) in [6.45, 7) is 0. The number of thioether (sulfide) groups is 1. The minimum Gasteiger partial charge on any atom is -0.275 e. The largest absolute Gasteiger partial charge is 0.275 e. The van der Waals surface area contributed by atoms with E-state index in [1.165, 1.54) is 18.2 Å². The van der Waals surface area contributed by atoms with E-state index in [4.69, 9.17) is 0 Å². The fourth-order valence-corrected chi connectivity index (χ4v) is 3.08. The number of hydrogen-bond donors (Lipinski definition) is 1. The average Bonchev–Trinajstić information content (AvgIpc) is 2.46. The van der Waals surface area contributed by atoms with Crippen LogP contribution in [0.25, 0.3) is 0 Å². The molecule has 6 heteroatoms. The van der Waals surface area contributed by atoms with Crippen molar-refractivity contribution in [3.63, 3.8) is 0 Å². The lowest BCUT2D eigenvalue weighted by molar-refractivity contribution is 0.585. The van der Waals surface area contributed by atoms with Crippen LogP contribution >= 0.6 is 11.8 Å². The lowest BCUT2D eigenvalue weighted by atomic mass is 10.1. The van der Waals surface area contributed by atoms with Gasteiger partial charge in [-0.1, -0.05) is 0 Å². The first-order valence-corrected chi connectivity index (χ1v) is 7.32. The van der Waals surface area contributed by atoms with Crippen LogP contribution in [-0.4, -0.2) is 11.5 Å². The molecule has 0 saturated carbocycles. The molecule has 0 atom stereocenters. The molecule has 0 aromatic heterocycles. The molecule has 108 valence electrons. The number of benzene rings is 2. The predicted molar refractivity (Wildman–Crippen MR) is 78.3 cm³/mol. The first-order valence-electron chi connectivity index (χ1n) is 6.34. The van der Waals surface area contributed by atoms with Crippen molar-refractivity contribution < 1.29 is 13.2 Å². The minimum absolute atomic E-state index is 0.0834. The van der Waals surface area contributed by atoms with Crippen molar-refractivity contribution in [2.75, 3.05) is 11.2 Å². The highest BCUT2D eigenvalue weighted by Crippen LogP contribution is 2.31. The van der Waals surface area contributed by atoms with Crippen molar-refractivity contribution in [2.24, 2.45) is 5.10 Å². The van der Waals surface area contributed by atoms with Crippen molar-refractivity contribution >= 4 is 23.2 Å². The third-order valence-electron chi connectivity index (χ3n) is 3.09. The molecular formula is C15H11F3N2S. The van der Waals surface area contributed by atoms with Crippen LogP contribution in [0.3, 0.4) is 0 Å². The second-order valence-corrected chi connectivity index (χ2v) is 5.67. The highest BCUT2D eigenvalue weighted by Gasteiger charge is 2.17. The van der Waals surface area contributed by atoms with E-state index in [2.05, 4.69) is 10.5 Å². The van der Waals surface area contributed by atoms with Gasteiger partial charge in [-0.3, -0.25) is 5.43 Å². The van der Waals surface area contributed by atoms with Gasteiger partial charge in [0.05, 0.1) is 11.4 Å². The zero-order chi connectivity index (χ0) is 14.8. The van der Waals surface area contributed by atoms with Gasteiger partial charge in [0.25, 0.3) is 0 Å². The Hall–Kier alpha value is -1.95. The number of anilines is 1. The summed E-state index contributed by atoms with van der Waals surface area (Å²) >= 11 is 1.63. The van der Waals surface area contributed by atoms with Gasteiger partial charge in [0.15, 0.2) is 5.82 Å². The van der Waals surface area contributed by atoms with Gasteiger partial charge in [-0.2, -0.15) is 5.10 Å². The van der Waals surface area contributed by atoms with E-state index in [1.807, 2.05) is 0 Å². The maximum Gasteiger partial charge on any atom is 0.151 e. The van der Waals surface area contributed by atoms with E-state index in [1.54, 1.807) is 17.8 Å². The molecule has 0 amide bonds. The van der Waals surface area contributed by atoms with Crippen LogP contribution in [0.15, 0.2) is 46.4 Å². The van der Waals surface area contributed by atoms with Gasteiger partial charge in [-0.25, -0.2) is 13.2 Å². The molecule has 2 nitrogen and oxygen atoms in total. The first-order chi connectivity index (χ1) is 10.1. The van der Waals surface area contributed by atoms with E-state index in [0.29, 0.717) is 17.7 Å². The van der Waals surface area contributed by atoms with Crippen LogP contribution in [0.5, 0.6) is 0 Å². The number of nitrogens with zero attached hydrogens (tertiary/aromatic N) is 1. The number of hydrazone groups is 1. The van der Waals surface area contributed by atoms with Crippen LogP contribution in [0.2, 0.25) is 0 Å². The fourth-order valence-electron chi connectivity index (χ4n) is 2.07. The first kappa shape index (κ1) is 14.0. The van der Waals surface area contributed by atoms with Gasteiger partial charge in [0.2, 0.25) is 0 Å². The summed E-state index contributed by atoms with van der Waals surface area (Å²) in [5, 5.41) is 4.15. The van der Waals surface area contributed by atoms with E-state index >= 15 is 0 Å². The molecular weight excluding hydrogens is 297 g/mol. The lowest BCUT2D eigenvalue weighted by Crippen LogP contribution is -2.12. The smallest absolute Gasteiger partial charge is 0.151 e. The second kappa shape index (κ2) is 5.81. The average molecular weight is 308 g/mol. The summed E-state index contributed by atoms with van der Waals surface area (Å²) in [5.74, 6) is -0.876. The molecule has 0 saturated heterocycles. The SMILES string of the molecule is Fc1ccc(NN=C2CCSc3ccc(F)cc32)c(F)c1. The molecule has 0 fully saturated rings. The Kier molecular flexibility index (Phi) is 3.88. The Morgan fingerprint density at radius 2 is 1.76 bits per heavy atom. The molecule has 3 rings (SSSR count). The molecule has 0 bridgehead atoms. The third-order valence-corrected chi connectivity index (χ3v) is 4.17. The van der Waals surface area contributed by atoms with E-state index in [9.17, 15) is 13.2 Å². The van der Waals surface area contributed by atoms with Crippen molar-refractivity contribution in [1.29, 1.82) is 0 Å².